The summed E-state index contributed by atoms with van der Waals surface area (Å²) in [5.74, 6) is -0.232. The van der Waals surface area contributed by atoms with Crippen LogP contribution in [-0.4, -0.2) is 18.2 Å². The number of carbonyl (C=O) groups excluding carboxylic acids is 2. The Hall–Kier alpha value is -2.13. The second-order valence-corrected chi connectivity index (χ2v) is 5.53. The highest BCUT2D eigenvalue weighted by Crippen LogP contribution is 2.23. The van der Waals surface area contributed by atoms with E-state index in [9.17, 15) is 9.59 Å². The third-order valence-corrected chi connectivity index (χ3v) is 4.22. The van der Waals surface area contributed by atoms with Crippen molar-refractivity contribution in [2.45, 2.75) is 13.3 Å². The van der Waals surface area contributed by atoms with Gasteiger partial charge in [-0.3, -0.25) is 9.59 Å². The smallest absolute Gasteiger partial charge is 0.251 e. The predicted molar refractivity (Wildman–Crippen MR) is 82.1 cm³/mol. The molecule has 0 saturated heterocycles. The number of benzene rings is 2. The molecule has 1 amide bonds. The summed E-state index contributed by atoms with van der Waals surface area (Å²) in [7, 11) is 0. The van der Waals surface area contributed by atoms with E-state index in [0.717, 1.165) is 17.5 Å². The van der Waals surface area contributed by atoms with Crippen LogP contribution in [0.4, 0.5) is 0 Å². The summed E-state index contributed by atoms with van der Waals surface area (Å²) >= 11 is 6.07. The monoisotopic (exact) mass is 299 g/mol. The Morgan fingerprint density at radius 2 is 2.05 bits per heavy atom. The predicted octanol–water partition coefficient (Wildman–Crippen LogP) is 3.17. The molecule has 0 fully saturated rings. The van der Waals surface area contributed by atoms with E-state index in [1.54, 1.807) is 30.3 Å². The van der Waals surface area contributed by atoms with Crippen molar-refractivity contribution in [2.75, 3.05) is 6.54 Å². The van der Waals surface area contributed by atoms with E-state index in [4.69, 9.17) is 11.6 Å². The lowest BCUT2D eigenvalue weighted by Crippen LogP contribution is -2.32. The van der Waals surface area contributed by atoms with Crippen LogP contribution in [0.2, 0.25) is 5.02 Å². The molecule has 4 heteroatoms. The minimum Gasteiger partial charge on any atom is -0.352 e. The first-order valence-electron chi connectivity index (χ1n) is 6.79. The molecule has 0 saturated carbocycles. The average molecular weight is 300 g/mol. The maximum Gasteiger partial charge on any atom is 0.251 e. The largest absolute Gasteiger partial charge is 0.352 e. The molecule has 1 aliphatic heterocycles. The van der Waals surface area contributed by atoms with E-state index in [0.29, 0.717) is 28.3 Å². The summed E-state index contributed by atoms with van der Waals surface area (Å²) in [6.45, 7) is 2.47. The van der Waals surface area contributed by atoms with E-state index in [-0.39, 0.29) is 11.7 Å². The molecule has 3 rings (SSSR count). The zero-order chi connectivity index (χ0) is 15.0. The minimum absolute atomic E-state index is 0.115. The molecule has 1 N–H and O–H groups in total. The van der Waals surface area contributed by atoms with Gasteiger partial charge in [0.25, 0.3) is 5.91 Å². The summed E-state index contributed by atoms with van der Waals surface area (Å²) in [4.78, 5) is 24.5. The molecule has 1 heterocycles. The number of carbonyl (C=O) groups is 2. The fourth-order valence-electron chi connectivity index (χ4n) is 2.56. The first-order valence-corrected chi connectivity index (χ1v) is 7.16. The van der Waals surface area contributed by atoms with Crippen molar-refractivity contribution in [2.24, 2.45) is 0 Å². The first kappa shape index (κ1) is 13.8. The van der Waals surface area contributed by atoms with Gasteiger partial charge in [0.2, 0.25) is 0 Å². The van der Waals surface area contributed by atoms with Crippen molar-refractivity contribution in [1.82, 2.24) is 5.32 Å². The molecule has 0 aliphatic carbocycles. The molecular weight excluding hydrogens is 286 g/mol. The third kappa shape index (κ3) is 2.45. The van der Waals surface area contributed by atoms with Gasteiger partial charge < -0.3 is 5.32 Å². The Morgan fingerprint density at radius 1 is 1.24 bits per heavy atom. The van der Waals surface area contributed by atoms with Crippen LogP contribution in [0.5, 0.6) is 0 Å². The fraction of sp³-hybridized carbons (Fsp3) is 0.176. The Balaban J connectivity index is 2.05. The Bertz CT molecular complexity index is 752. The van der Waals surface area contributed by atoms with Gasteiger partial charge in [0.15, 0.2) is 5.78 Å². The SMILES string of the molecule is Cc1c(Cl)cccc1C(=O)c1ccc2c(c1)C(=O)NCC2. The number of amides is 1. The third-order valence-electron chi connectivity index (χ3n) is 3.81. The molecule has 0 unspecified atom stereocenters. The van der Waals surface area contributed by atoms with E-state index in [2.05, 4.69) is 5.32 Å². The van der Waals surface area contributed by atoms with Gasteiger partial charge in [0.05, 0.1) is 0 Å². The number of halogens is 1. The van der Waals surface area contributed by atoms with Crippen molar-refractivity contribution in [3.63, 3.8) is 0 Å². The molecule has 106 valence electrons. The highest BCUT2D eigenvalue weighted by molar-refractivity contribution is 6.32. The summed E-state index contributed by atoms with van der Waals surface area (Å²) in [6.07, 6.45) is 0.797. The lowest BCUT2D eigenvalue weighted by molar-refractivity contribution is 0.0946. The van der Waals surface area contributed by atoms with Gasteiger partial charge in [-0.15, -0.1) is 0 Å². The molecular formula is C17H14ClNO2. The Morgan fingerprint density at radius 3 is 2.86 bits per heavy atom. The molecule has 3 nitrogen and oxygen atoms in total. The van der Waals surface area contributed by atoms with E-state index >= 15 is 0 Å². The number of hydrogen-bond acceptors (Lipinski definition) is 2. The van der Waals surface area contributed by atoms with Crippen molar-refractivity contribution < 1.29 is 9.59 Å². The van der Waals surface area contributed by atoms with E-state index in [1.807, 2.05) is 13.0 Å². The molecule has 2 aromatic carbocycles. The zero-order valence-corrected chi connectivity index (χ0v) is 12.3. The molecule has 21 heavy (non-hydrogen) atoms. The maximum absolute atomic E-state index is 12.6. The van der Waals surface area contributed by atoms with Crippen LogP contribution in [0.1, 0.15) is 37.4 Å². The molecule has 0 spiro atoms. The van der Waals surface area contributed by atoms with E-state index < -0.39 is 0 Å². The number of nitrogens with one attached hydrogen (secondary N) is 1. The quantitative estimate of drug-likeness (QED) is 0.866. The normalized spacial score (nSPS) is 13.5. The van der Waals surface area contributed by atoms with Gasteiger partial charge in [-0.1, -0.05) is 35.9 Å². The summed E-state index contributed by atoms with van der Waals surface area (Å²) in [5.41, 5.74) is 3.41. The van der Waals surface area contributed by atoms with Gasteiger partial charge in [-0.2, -0.15) is 0 Å². The molecule has 2 aromatic rings. The summed E-state index contributed by atoms with van der Waals surface area (Å²) < 4.78 is 0. The first-order chi connectivity index (χ1) is 10.1. The van der Waals surface area contributed by atoms with Gasteiger partial charge in [0, 0.05) is 28.3 Å². The topological polar surface area (TPSA) is 46.2 Å². The van der Waals surface area contributed by atoms with Gasteiger partial charge in [-0.05, 0) is 36.6 Å². The lowest BCUT2D eigenvalue weighted by Gasteiger charge is -2.17. The number of ketones is 1. The van der Waals surface area contributed by atoms with Crippen molar-refractivity contribution >= 4 is 23.3 Å². The Kier molecular flexibility index (Phi) is 3.52. The molecule has 0 aromatic heterocycles. The number of hydrogen-bond donors (Lipinski definition) is 1. The van der Waals surface area contributed by atoms with Crippen LogP contribution < -0.4 is 5.32 Å². The summed E-state index contributed by atoms with van der Waals surface area (Å²) in [6, 6.07) is 10.6. The maximum atomic E-state index is 12.6. The number of rotatable bonds is 2. The van der Waals surface area contributed by atoms with Gasteiger partial charge in [0.1, 0.15) is 0 Å². The molecule has 1 aliphatic rings. The highest BCUT2D eigenvalue weighted by Gasteiger charge is 2.20. The summed E-state index contributed by atoms with van der Waals surface area (Å²) in [5, 5.41) is 3.36. The van der Waals surface area contributed by atoms with Crippen molar-refractivity contribution in [3.8, 4) is 0 Å². The standard InChI is InChI=1S/C17H14ClNO2/c1-10-13(3-2-4-15(10)18)16(20)12-6-5-11-7-8-19-17(21)14(11)9-12/h2-6,9H,7-8H2,1H3,(H,19,21). The number of fused-ring (bicyclic) bond motifs is 1. The molecule has 0 bridgehead atoms. The Labute approximate surface area is 127 Å². The molecule has 0 radical (unpaired) electrons. The van der Waals surface area contributed by atoms with Gasteiger partial charge in [-0.25, -0.2) is 0 Å². The lowest BCUT2D eigenvalue weighted by atomic mass is 9.93. The van der Waals surface area contributed by atoms with E-state index in [1.165, 1.54) is 0 Å². The van der Waals surface area contributed by atoms with Crippen LogP contribution in [-0.2, 0) is 6.42 Å². The van der Waals surface area contributed by atoms with Crippen LogP contribution in [0, 0.1) is 6.92 Å². The van der Waals surface area contributed by atoms with Crippen molar-refractivity contribution in [3.05, 3.63) is 69.2 Å². The zero-order valence-electron chi connectivity index (χ0n) is 11.6. The van der Waals surface area contributed by atoms with Crippen LogP contribution in [0.15, 0.2) is 36.4 Å². The fourth-order valence-corrected chi connectivity index (χ4v) is 2.74. The average Bonchev–Trinajstić information content (AvgIpc) is 2.49. The second kappa shape index (κ2) is 5.34. The van der Waals surface area contributed by atoms with Gasteiger partial charge >= 0.3 is 0 Å². The van der Waals surface area contributed by atoms with Crippen LogP contribution in [0.3, 0.4) is 0 Å². The van der Waals surface area contributed by atoms with Crippen molar-refractivity contribution in [1.29, 1.82) is 0 Å². The molecule has 0 atom stereocenters. The second-order valence-electron chi connectivity index (χ2n) is 5.12. The highest BCUT2D eigenvalue weighted by atomic mass is 35.5. The van der Waals surface area contributed by atoms with Crippen LogP contribution >= 0.6 is 11.6 Å². The van der Waals surface area contributed by atoms with Crippen LogP contribution in [0.25, 0.3) is 0 Å². The minimum atomic E-state index is -0.117.